The average molecular weight is 361 g/mol. The quantitative estimate of drug-likeness (QED) is 0.471. The lowest BCUT2D eigenvalue weighted by atomic mass is 10.1. The summed E-state index contributed by atoms with van der Waals surface area (Å²) in [5.74, 6) is 2.14. The predicted molar refractivity (Wildman–Crippen MR) is 109 cm³/mol. The lowest BCUT2D eigenvalue weighted by Crippen LogP contribution is -2.46. The van der Waals surface area contributed by atoms with Gasteiger partial charge in [0.25, 0.3) is 0 Å². The first-order valence-electron chi connectivity index (χ1n) is 9.90. The SMILES string of the molecule is CCNC(=NCC(C)COCc1ccccc1)NCC(C1CC1)N(C)C. The molecule has 0 heterocycles. The molecule has 26 heavy (non-hydrogen) atoms. The van der Waals surface area contributed by atoms with E-state index in [1.807, 2.05) is 18.2 Å². The van der Waals surface area contributed by atoms with Gasteiger partial charge in [-0.05, 0) is 51.3 Å². The molecule has 1 aliphatic carbocycles. The molecule has 0 amide bonds. The van der Waals surface area contributed by atoms with Crippen molar-refractivity contribution in [3.05, 3.63) is 35.9 Å². The van der Waals surface area contributed by atoms with Crippen LogP contribution < -0.4 is 10.6 Å². The molecule has 0 radical (unpaired) electrons. The van der Waals surface area contributed by atoms with E-state index >= 15 is 0 Å². The Hall–Kier alpha value is -1.59. The second-order valence-corrected chi connectivity index (χ2v) is 7.57. The van der Waals surface area contributed by atoms with Crippen molar-refractivity contribution in [3.63, 3.8) is 0 Å². The van der Waals surface area contributed by atoms with Crippen LogP contribution in [0.25, 0.3) is 0 Å². The summed E-state index contributed by atoms with van der Waals surface area (Å²) < 4.78 is 5.83. The van der Waals surface area contributed by atoms with Crippen molar-refractivity contribution in [1.29, 1.82) is 0 Å². The number of nitrogens with zero attached hydrogens (tertiary/aromatic N) is 2. The van der Waals surface area contributed by atoms with Crippen LogP contribution in [0.15, 0.2) is 35.3 Å². The third-order valence-corrected chi connectivity index (χ3v) is 4.73. The summed E-state index contributed by atoms with van der Waals surface area (Å²) in [5, 5.41) is 6.87. The minimum absolute atomic E-state index is 0.391. The van der Waals surface area contributed by atoms with Gasteiger partial charge >= 0.3 is 0 Å². The van der Waals surface area contributed by atoms with Gasteiger partial charge in [0.15, 0.2) is 5.96 Å². The summed E-state index contributed by atoms with van der Waals surface area (Å²) in [6.45, 7) is 8.27. The van der Waals surface area contributed by atoms with Gasteiger partial charge in [0.05, 0.1) is 13.2 Å². The summed E-state index contributed by atoms with van der Waals surface area (Å²) in [6, 6.07) is 10.9. The molecule has 2 N–H and O–H groups in total. The summed E-state index contributed by atoms with van der Waals surface area (Å²) in [7, 11) is 4.34. The fourth-order valence-electron chi connectivity index (χ4n) is 3.05. The highest BCUT2D eigenvalue weighted by atomic mass is 16.5. The zero-order chi connectivity index (χ0) is 18.8. The smallest absolute Gasteiger partial charge is 0.191 e. The Bertz CT molecular complexity index is 526. The first-order chi connectivity index (χ1) is 12.6. The van der Waals surface area contributed by atoms with Crippen LogP contribution in [-0.4, -0.2) is 57.2 Å². The lowest BCUT2D eigenvalue weighted by molar-refractivity contribution is 0.0945. The summed E-state index contributed by atoms with van der Waals surface area (Å²) in [6.07, 6.45) is 2.71. The molecule has 0 bridgehead atoms. The normalized spacial score (nSPS) is 17.2. The van der Waals surface area contributed by atoms with Gasteiger partial charge in [-0.25, -0.2) is 0 Å². The van der Waals surface area contributed by atoms with Crippen molar-refractivity contribution in [2.45, 2.75) is 39.3 Å². The van der Waals surface area contributed by atoms with Crippen LogP contribution in [0, 0.1) is 11.8 Å². The molecule has 0 spiro atoms. The van der Waals surface area contributed by atoms with Crippen molar-refractivity contribution in [2.75, 3.05) is 40.3 Å². The zero-order valence-corrected chi connectivity index (χ0v) is 16.9. The predicted octanol–water partition coefficient (Wildman–Crippen LogP) is 2.73. The molecule has 0 aromatic heterocycles. The van der Waals surface area contributed by atoms with Crippen LogP contribution in [0.3, 0.4) is 0 Å². The molecule has 0 saturated heterocycles. The van der Waals surface area contributed by atoms with E-state index in [2.05, 4.69) is 55.6 Å². The summed E-state index contributed by atoms with van der Waals surface area (Å²) in [5.41, 5.74) is 1.22. The fraction of sp³-hybridized carbons (Fsp3) is 0.667. The van der Waals surface area contributed by atoms with E-state index in [1.165, 1.54) is 18.4 Å². The third kappa shape index (κ3) is 7.75. The Morgan fingerprint density at radius 1 is 1.23 bits per heavy atom. The molecule has 5 nitrogen and oxygen atoms in total. The Morgan fingerprint density at radius 2 is 1.96 bits per heavy atom. The first-order valence-corrected chi connectivity index (χ1v) is 9.90. The number of rotatable bonds is 11. The minimum Gasteiger partial charge on any atom is -0.376 e. The molecule has 2 rings (SSSR count). The number of hydrogen-bond acceptors (Lipinski definition) is 3. The van der Waals surface area contributed by atoms with E-state index in [-0.39, 0.29) is 0 Å². The largest absolute Gasteiger partial charge is 0.376 e. The van der Waals surface area contributed by atoms with Crippen LogP contribution in [0.2, 0.25) is 0 Å². The molecule has 2 atom stereocenters. The molecule has 1 fully saturated rings. The van der Waals surface area contributed by atoms with Gasteiger partial charge in [-0.3, -0.25) is 4.99 Å². The standard InChI is InChI=1S/C21H36N4O/c1-5-22-21(24-14-20(25(3)4)19-11-12-19)23-13-17(2)15-26-16-18-9-7-6-8-10-18/h6-10,17,19-20H,5,11-16H2,1-4H3,(H2,22,23,24). The highest BCUT2D eigenvalue weighted by Crippen LogP contribution is 2.34. The van der Waals surface area contributed by atoms with Crippen LogP contribution in [-0.2, 0) is 11.3 Å². The van der Waals surface area contributed by atoms with Gasteiger partial charge in [-0.15, -0.1) is 0 Å². The van der Waals surface area contributed by atoms with Crippen molar-refractivity contribution >= 4 is 5.96 Å². The van der Waals surface area contributed by atoms with Gasteiger partial charge in [0.1, 0.15) is 0 Å². The molecule has 1 aliphatic rings. The van der Waals surface area contributed by atoms with Crippen LogP contribution in [0.4, 0.5) is 0 Å². The van der Waals surface area contributed by atoms with E-state index in [9.17, 15) is 0 Å². The van der Waals surface area contributed by atoms with Gasteiger partial charge < -0.3 is 20.3 Å². The number of benzene rings is 1. The Labute approximate surface area is 159 Å². The van der Waals surface area contributed by atoms with Crippen LogP contribution >= 0.6 is 0 Å². The second-order valence-electron chi connectivity index (χ2n) is 7.57. The Balaban J connectivity index is 1.72. The number of nitrogens with one attached hydrogen (secondary N) is 2. The maximum Gasteiger partial charge on any atom is 0.191 e. The molecule has 1 aromatic rings. The van der Waals surface area contributed by atoms with Crippen molar-refractivity contribution in [1.82, 2.24) is 15.5 Å². The van der Waals surface area contributed by atoms with Crippen molar-refractivity contribution in [3.8, 4) is 0 Å². The maximum absolute atomic E-state index is 5.83. The van der Waals surface area contributed by atoms with Gasteiger partial charge in [-0.2, -0.15) is 0 Å². The van der Waals surface area contributed by atoms with Crippen molar-refractivity contribution < 1.29 is 4.74 Å². The minimum atomic E-state index is 0.391. The topological polar surface area (TPSA) is 48.9 Å². The molecular formula is C21H36N4O. The highest BCUT2D eigenvalue weighted by molar-refractivity contribution is 5.79. The van der Waals surface area contributed by atoms with Crippen LogP contribution in [0.1, 0.15) is 32.3 Å². The Morgan fingerprint density at radius 3 is 2.58 bits per heavy atom. The average Bonchev–Trinajstić information content (AvgIpc) is 3.45. The van der Waals surface area contributed by atoms with Gasteiger partial charge in [-0.1, -0.05) is 37.3 Å². The molecule has 146 valence electrons. The third-order valence-electron chi connectivity index (χ3n) is 4.73. The number of guanidine groups is 1. The van der Waals surface area contributed by atoms with Gasteiger partial charge in [0.2, 0.25) is 0 Å². The molecular weight excluding hydrogens is 324 g/mol. The fourth-order valence-corrected chi connectivity index (χ4v) is 3.05. The number of aliphatic imine (C=N–C) groups is 1. The number of ether oxygens (including phenoxy) is 1. The number of hydrogen-bond donors (Lipinski definition) is 2. The monoisotopic (exact) mass is 360 g/mol. The second kappa shape index (κ2) is 11.2. The number of likely N-dealkylation sites (N-methyl/N-ethyl adjacent to an activating group) is 1. The molecule has 5 heteroatoms. The molecule has 0 aliphatic heterocycles. The maximum atomic E-state index is 5.83. The van der Waals surface area contributed by atoms with E-state index in [4.69, 9.17) is 9.73 Å². The van der Waals surface area contributed by atoms with Gasteiger partial charge in [0, 0.05) is 25.7 Å². The first kappa shape index (κ1) is 20.7. The molecule has 2 unspecified atom stereocenters. The summed E-state index contributed by atoms with van der Waals surface area (Å²) >= 11 is 0. The lowest BCUT2D eigenvalue weighted by Gasteiger charge is -2.25. The summed E-state index contributed by atoms with van der Waals surface area (Å²) in [4.78, 5) is 7.07. The van der Waals surface area contributed by atoms with E-state index in [0.717, 1.165) is 38.1 Å². The van der Waals surface area contributed by atoms with Crippen molar-refractivity contribution in [2.24, 2.45) is 16.8 Å². The van der Waals surface area contributed by atoms with Crippen LogP contribution in [0.5, 0.6) is 0 Å². The van der Waals surface area contributed by atoms with E-state index in [0.29, 0.717) is 18.6 Å². The Kier molecular flexibility index (Phi) is 8.92. The molecule has 1 saturated carbocycles. The highest BCUT2D eigenvalue weighted by Gasteiger charge is 2.32. The zero-order valence-electron chi connectivity index (χ0n) is 16.9. The van der Waals surface area contributed by atoms with E-state index in [1.54, 1.807) is 0 Å². The van der Waals surface area contributed by atoms with E-state index < -0.39 is 0 Å². The molecule has 1 aromatic carbocycles.